The van der Waals surface area contributed by atoms with Gasteiger partial charge in [0.25, 0.3) is 5.56 Å². The molecule has 24 heavy (non-hydrogen) atoms. The van der Waals surface area contributed by atoms with Crippen LogP contribution in [-0.2, 0) is 0 Å². The van der Waals surface area contributed by atoms with E-state index in [4.69, 9.17) is 0 Å². The molecule has 1 aliphatic heterocycles. The zero-order chi connectivity index (χ0) is 16.5. The van der Waals surface area contributed by atoms with Gasteiger partial charge in [0.15, 0.2) is 0 Å². The predicted octanol–water partition coefficient (Wildman–Crippen LogP) is 2.16. The molecule has 0 aromatic carbocycles. The van der Waals surface area contributed by atoms with Gasteiger partial charge in [0.1, 0.15) is 17.0 Å². The van der Waals surface area contributed by atoms with Crippen molar-refractivity contribution in [3.63, 3.8) is 0 Å². The maximum absolute atomic E-state index is 11.6. The van der Waals surface area contributed by atoms with E-state index in [1.165, 1.54) is 6.07 Å². The van der Waals surface area contributed by atoms with Crippen LogP contribution in [0.4, 0.5) is 11.8 Å². The van der Waals surface area contributed by atoms with Crippen molar-refractivity contribution in [3.8, 4) is 0 Å². The van der Waals surface area contributed by atoms with E-state index in [0.29, 0.717) is 12.0 Å². The molecular formula is C16H18N6OS. The van der Waals surface area contributed by atoms with Crippen molar-refractivity contribution in [2.75, 3.05) is 23.3 Å². The van der Waals surface area contributed by atoms with E-state index in [2.05, 4.69) is 36.2 Å². The molecule has 0 spiro atoms. The Bertz CT molecular complexity index is 912. The van der Waals surface area contributed by atoms with Gasteiger partial charge in [-0.25, -0.2) is 15.0 Å². The molecular weight excluding hydrogens is 324 g/mol. The maximum atomic E-state index is 11.6. The van der Waals surface area contributed by atoms with E-state index in [0.717, 1.165) is 47.7 Å². The highest BCUT2D eigenvalue weighted by atomic mass is 32.1. The van der Waals surface area contributed by atoms with E-state index in [-0.39, 0.29) is 5.56 Å². The maximum Gasteiger partial charge on any atom is 0.252 e. The minimum Gasteiger partial charge on any atom is -0.367 e. The van der Waals surface area contributed by atoms with Crippen LogP contribution in [0.1, 0.15) is 18.5 Å². The number of H-pyrrole nitrogens is 1. The van der Waals surface area contributed by atoms with Crippen LogP contribution in [0.3, 0.4) is 0 Å². The Labute approximate surface area is 142 Å². The summed E-state index contributed by atoms with van der Waals surface area (Å²) >= 11 is 1.62. The number of aromatic nitrogens is 4. The smallest absolute Gasteiger partial charge is 0.252 e. The number of hydrogen-bond donors (Lipinski definition) is 2. The van der Waals surface area contributed by atoms with Crippen LogP contribution in [0.25, 0.3) is 10.2 Å². The Morgan fingerprint density at radius 1 is 1.33 bits per heavy atom. The van der Waals surface area contributed by atoms with Crippen molar-refractivity contribution < 1.29 is 0 Å². The third-order valence-electron chi connectivity index (χ3n) is 4.25. The van der Waals surface area contributed by atoms with Gasteiger partial charge in [-0.3, -0.25) is 9.78 Å². The van der Waals surface area contributed by atoms with Gasteiger partial charge in [-0.1, -0.05) is 0 Å². The fraction of sp³-hybridized carbons (Fsp3) is 0.375. The standard InChI is InChI=1S/C16H18N6OS/c1-10-8-13(23)21-16(19-10)22-5-2-11(3-6-22)20-14-12-4-7-24-15(12)18-9-17-14/h4,7-9,11H,2-3,5-6H2,1H3,(H,17,18,20)(H,19,21,23). The number of piperidine rings is 1. The predicted molar refractivity (Wildman–Crippen MR) is 95.9 cm³/mol. The molecule has 4 rings (SSSR count). The molecule has 0 aliphatic carbocycles. The van der Waals surface area contributed by atoms with Crippen molar-refractivity contribution in [1.82, 2.24) is 19.9 Å². The minimum atomic E-state index is -0.0985. The van der Waals surface area contributed by atoms with Crippen molar-refractivity contribution in [3.05, 3.63) is 39.9 Å². The van der Waals surface area contributed by atoms with Crippen LogP contribution >= 0.6 is 11.3 Å². The molecule has 4 heterocycles. The van der Waals surface area contributed by atoms with Gasteiger partial charge in [-0.2, -0.15) is 0 Å². The highest BCUT2D eigenvalue weighted by Crippen LogP contribution is 2.26. The molecule has 1 aliphatic rings. The summed E-state index contributed by atoms with van der Waals surface area (Å²) in [6, 6.07) is 3.92. The first-order valence-corrected chi connectivity index (χ1v) is 8.85. The summed E-state index contributed by atoms with van der Waals surface area (Å²) in [6.45, 7) is 3.54. The van der Waals surface area contributed by atoms with Gasteiger partial charge < -0.3 is 10.2 Å². The molecule has 0 bridgehead atoms. The van der Waals surface area contributed by atoms with Gasteiger partial charge in [0, 0.05) is 30.9 Å². The molecule has 3 aromatic heterocycles. The summed E-state index contributed by atoms with van der Waals surface area (Å²) in [4.78, 5) is 30.7. The molecule has 1 saturated heterocycles. The summed E-state index contributed by atoms with van der Waals surface area (Å²) in [5.74, 6) is 1.57. The number of aryl methyl sites for hydroxylation is 1. The monoisotopic (exact) mass is 342 g/mol. The van der Waals surface area contributed by atoms with Crippen LogP contribution < -0.4 is 15.8 Å². The van der Waals surface area contributed by atoms with Crippen molar-refractivity contribution in [2.24, 2.45) is 0 Å². The second-order valence-corrected chi connectivity index (χ2v) is 6.87. The fourth-order valence-corrected chi connectivity index (χ4v) is 3.78. The summed E-state index contributed by atoms with van der Waals surface area (Å²) in [7, 11) is 0. The Hall–Kier alpha value is -2.48. The highest BCUT2D eigenvalue weighted by molar-refractivity contribution is 7.16. The SMILES string of the molecule is Cc1cc(=O)[nH]c(N2CCC(Nc3ncnc4sccc34)CC2)n1. The minimum absolute atomic E-state index is 0.0985. The molecule has 0 unspecified atom stereocenters. The summed E-state index contributed by atoms with van der Waals surface area (Å²) in [5.41, 5.74) is 0.647. The molecule has 7 nitrogen and oxygen atoms in total. The summed E-state index contributed by atoms with van der Waals surface area (Å²) < 4.78 is 0. The number of aromatic amines is 1. The number of fused-ring (bicyclic) bond motifs is 1. The largest absolute Gasteiger partial charge is 0.367 e. The topological polar surface area (TPSA) is 86.8 Å². The van der Waals surface area contributed by atoms with E-state index in [1.54, 1.807) is 17.7 Å². The molecule has 8 heteroatoms. The second kappa shape index (κ2) is 6.20. The number of hydrogen-bond acceptors (Lipinski definition) is 7. The van der Waals surface area contributed by atoms with E-state index in [1.807, 2.05) is 12.3 Å². The average Bonchev–Trinajstić information content (AvgIpc) is 3.04. The lowest BCUT2D eigenvalue weighted by molar-refractivity contribution is 0.518. The average molecular weight is 342 g/mol. The van der Waals surface area contributed by atoms with Gasteiger partial charge in [-0.15, -0.1) is 11.3 Å². The van der Waals surface area contributed by atoms with E-state index >= 15 is 0 Å². The number of rotatable bonds is 3. The Balaban J connectivity index is 1.44. The number of nitrogens with one attached hydrogen (secondary N) is 2. The molecule has 0 saturated carbocycles. The molecule has 124 valence electrons. The third kappa shape index (κ3) is 2.96. The van der Waals surface area contributed by atoms with Crippen molar-refractivity contribution >= 4 is 33.3 Å². The third-order valence-corrected chi connectivity index (χ3v) is 5.08. The Morgan fingerprint density at radius 3 is 2.96 bits per heavy atom. The normalized spacial score (nSPS) is 15.8. The summed E-state index contributed by atoms with van der Waals surface area (Å²) in [5, 5.41) is 6.65. The van der Waals surface area contributed by atoms with Crippen LogP contribution in [0.5, 0.6) is 0 Å². The molecule has 2 N–H and O–H groups in total. The van der Waals surface area contributed by atoms with Gasteiger partial charge in [-0.05, 0) is 31.2 Å². The first kappa shape index (κ1) is 15.1. The molecule has 0 radical (unpaired) electrons. The zero-order valence-corrected chi connectivity index (χ0v) is 14.1. The number of thiophene rings is 1. The first-order chi connectivity index (χ1) is 11.7. The van der Waals surface area contributed by atoms with Gasteiger partial charge in [0.2, 0.25) is 5.95 Å². The molecule has 0 amide bonds. The quantitative estimate of drug-likeness (QED) is 0.758. The molecule has 0 atom stereocenters. The van der Waals surface area contributed by atoms with E-state index in [9.17, 15) is 4.79 Å². The lowest BCUT2D eigenvalue weighted by Gasteiger charge is -2.33. The Kier molecular flexibility index (Phi) is 3.89. The fourth-order valence-electron chi connectivity index (χ4n) is 3.05. The van der Waals surface area contributed by atoms with Crippen LogP contribution in [0.15, 0.2) is 28.6 Å². The number of anilines is 2. The molecule has 1 fully saturated rings. The lowest BCUT2D eigenvalue weighted by atomic mass is 10.1. The zero-order valence-electron chi connectivity index (χ0n) is 13.3. The summed E-state index contributed by atoms with van der Waals surface area (Å²) in [6.07, 6.45) is 3.54. The van der Waals surface area contributed by atoms with E-state index < -0.39 is 0 Å². The van der Waals surface area contributed by atoms with Crippen molar-refractivity contribution in [1.29, 1.82) is 0 Å². The van der Waals surface area contributed by atoms with Gasteiger partial charge >= 0.3 is 0 Å². The first-order valence-electron chi connectivity index (χ1n) is 7.97. The lowest BCUT2D eigenvalue weighted by Crippen LogP contribution is -2.40. The van der Waals surface area contributed by atoms with Gasteiger partial charge in [0.05, 0.1) is 5.39 Å². The van der Waals surface area contributed by atoms with Crippen LogP contribution in [0.2, 0.25) is 0 Å². The highest BCUT2D eigenvalue weighted by Gasteiger charge is 2.21. The van der Waals surface area contributed by atoms with Crippen molar-refractivity contribution in [2.45, 2.75) is 25.8 Å². The van der Waals surface area contributed by atoms with Crippen LogP contribution in [-0.4, -0.2) is 39.1 Å². The Morgan fingerprint density at radius 2 is 2.17 bits per heavy atom. The second-order valence-electron chi connectivity index (χ2n) is 5.98. The van der Waals surface area contributed by atoms with Crippen LogP contribution in [0, 0.1) is 6.92 Å². The number of nitrogens with zero attached hydrogens (tertiary/aromatic N) is 4. The molecule has 3 aromatic rings.